The highest BCUT2D eigenvalue weighted by Gasteiger charge is 2.37. The van der Waals surface area contributed by atoms with Crippen LogP contribution < -0.4 is 5.32 Å². The fraction of sp³-hybridized carbons (Fsp3) is 0.471. The van der Waals surface area contributed by atoms with Crippen molar-refractivity contribution < 1.29 is 31.4 Å². The first-order valence-electron chi connectivity index (χ1n) is 8.02. The monoisotopic (exact) mass is 380 g/mol. The summed E-state index contributed by atoms with van der Waals surface area (Å²) in [4.78, 5) is 3.19. The highest BCUT2D eigenvalue weighted by molar-refractivity contribution is 5.86. The van der Waals surface area contributed by atoms with Crippen LogP contribution in [0.3, 0.4) is 0 Å². The zero-order valence-electron chi connectivity index (χ0n) is 13.9. The van der Waals surface area contributed by atoms with Crippen molar-refractivity contribution in [1.82, 2.24) is 10.3 Å². The number of benzene rings is 1. The first-order chi connectivity index (χ1) is 12.1. The number of hydrogen-bond donors (Lipinski definition) is 2. The second-order valence-electron chi connectivity index (χ2n) is 5.85. The van der Waals surface area contributed by atoms with Gasteiger partial charge >= 0.3 is 12.4 Å². The molecule has 1 heterocycles. The number of halogens is 6. The van der Waals surface area contributed by atoms with E-state index in [4.69, 9.17) is 0 Å². The predicted octanol–water partition coefficient (Wildman–Crippen LogP) is 4.70. The molecular formula is C17H18F6N2O. The Bertz CT molecular complexity index is 757. The van der Waals surface area contributed by atoms with Crippen LogP contribution in [0, 0.1) is 0 Å². The lowest BCUT2D eigenvalue weighted by Crippen LogP contribution is -2.19. The number of rotatable bonds is 6. The highest BCUT2D eigenvalue weighted by atomic mass is 19.4. The molecule has 3 nitrogen and oxygen atoms in total. The first-order valence-corrected chi connectivity index (χ1v) is 8.02. The van der Waals surface area contributed by atoms with Gasteiger partial charge in [-0.2, -0.15) is 26.3 Å². The van der Waals surface area contributed by atoms with Gasteiger partial charge < -0.3 is 10.4 Å². The summed E-state index contributed by atoms with van der Waals surface area (Å²) < 4.78 is 78.8. The Morgan fingerprint density at radius 1 is 1.08 bits per heavy atom. The average molecular weight is 380 g/mol. The zero-order valence-corrected chi connectivity index (χ0v) is 13.9. The van der Waals surface area contributed by atoms with Gasteiger partial charge in [0.2, 0.25) is 0 Å². The van der Waals surface area contributed by atoms with Crippen molar-refractivity contribution in [3.05, 3.63) is 41.1 Å². The Balaban J connectivity index is 2.57. The smallest absolute Gasteiger partial charge is 0.388 e. The third-order valence-electron chi connectivity index (χ3n) is 3.85. The third-order valence-corrected chi connectivity index (χ3v) is 3.85. The summed E-state index contributed by atoms with van der Waals surface area (Å²) in [5.41, 5.74) is -3.76. The minimum atomic E-state index is -4.93. The van der Waals surface area contributed by atoms with Crippen LogP contribution in [0.4, 0.5) is 26.3 Å². The topological polar surface area (TPSA) is 45.1 Å². The molecule has 0 radical (unpaired) electrons. The van der Waals surface area contributed by atoms with Crippen molar-refractivity contribution in [2.75, 3.05) is 13.1 Å². The first kappa shape index (κ1) is 20.4. The molecule has 0 amide bonds. The molecular weight excluding hydrogens is 362 g/mol. The van der Waals surface area contributed by atoms with Gasteiger partial charge in [-0.25, -0.2) is 4.98 Å². The summed E-state index contributed by atoms with van der Waals surface area (Å²) >= 11 is 0. The number of aliphatic hydroxyl groups is 1. The lowest BCUT2D eigenvalue weighted by Gasteiger charge is -2.18. The summed E-state index contributed by atoms with van der Waals surface area (Å²) in [6.45, 7) is 2.91. The Morgan fingerprint density at radius 2 is 1.77 bits per heavy atom. The zero-order chi connectivity index (χ0) is 19.5. The fourth-order valence-electron chi connectivity index (χ4n) is 2.62. The molecule has 1 aromatic heterocycles. The van der Waals surface area contributed by atoms with Gasteiger partial charge in [0.05, 0.1) is 17.2 Å². The van der Waals surface area contributed by atoms with E-state index in [2.05, 4.69) is 10.3 Å². The van der Waals surface area contributed by atoms with E-state index in [0.717, 1.165) is 12.5 Å². The van der Waals surface area contributed by atoms with Crippen LogP contribution in [0.1, 0.15) is 42.7 Å². The van der Waals surface area contributed by atoms with Crippen molar-refractivity contribution in [2.45, 2.75) is 38.2 Å². The lowest BCUT2D eigenvalue weighted by atomic mass is 9.98. The molecule has 0 aliphatic heterocycles. The molecule has 0 saturated heterocycles. The highest BCUT2D eigenvalue weighted by Crippen LogP contribution is 2.39. The molecule has 1 aromatic carbocycles. The van der Waals surface area contributed by atoms with Crippen LogP contribution in [0.5, 0.6) is 0 Å². The number of aromatic nitrogens is 1. The minimum absolute atomic E-state index is 0.0622. The van der Waals surface area contributed by atoms with Crippen LogP contribution in [0.25, 0.3) is 10.9 Å². The summed E-state index contributed by atoms with van der Waals surface area (Å²) in [5, 5.41) is 13.1. The van der Waals surface area contributed by atoms with E-state index in [9.17, 15) is 31.4 Å². The molecule has 0 aliphatic rings. The van der Waals surface area contributed by atoms with E-state index < -0.39 is 35.2 Å². The molecule has 0 spiro atoms. The Labute approximate surface area is 146 Å². The Morgan fingerprint density at radius 3 is 2.35 bits per heavy atom. The molecule has 9 heteroatoms. The van der Waals surface area contributed by atoms with E-state index in [1.165, 1.54) is 6.07 Å². The largest absolute Gasteiger partial charge is 0.433 e. The van der Waals surface area contributed by atoms with Crippen molar-refractivity contribution >= 4 is 10.9 Å². The van der Waals surface area contributed by atoms with Crippen molar-refractivity contribution in [3.63, 3.8) is 0 Å². The van der Waals surface area contributed by atoms with Gasteiger partial charge in [-0.1, -0.05) is 19.1 Å². The number of fused-ring (bicyclic) bond motifs is 1. The van der Waals surface area contributed by atoms with Crippen LogP contribution >= 0.6 is 0 Å². The number of aliphatic hydroxyl groups excluding tert-OH is 1. The second kappa shape index (κ2) is 7.79. The van der Waals surface area contributed by atoms with Gasteiger partial charge in [0, 0.05) is 5.39 Å². The third kappa shape index (κ3) is 4.64. The molecule has 144 valence electrons. The summed E-state index contributed by atoms with van der Waals surface area (Å²) in [6, 6.07) is 3.61. The number of nitrogens with zero attached hydrogens (tertiary/aromatic N) is 1. The molecule has 0 aliphatic carbocycles. The van der Waals surface area contributed by atoms with Crippen molar-refractivity contribution in [2.24, 2.45) is 0 Å². The van der Waals surface area contributed by atoms with Gasteiger partial charge in [-0.3, -0.25) is 0 Å². The number of nitrogens with one attached hydrogen (secondary N) is 1. The maximum Gasteiger partial charge on any atom is 0.433 e. The normalized spacial score (nSPS) is 14.0. The second-order valence-corrected chi connectivity index (χ2v) is 5.85. The van der Waals surface area contributed by atoms with E-state index in [1.54, 1.807) is 0 Å². The molecule has 2 N–H and O–H groups in total. The summed E-state index contributed by atoms with van der Waals surface area (Å²) in [7, 11) is 0. The number of alkyl halides is 6. The van der Waals surface area contributed by atoms with Crippen LogP contribution in [-0.4, -0.2) is 23.2 Å². The number of para-hydroxylation sites is 1. The maximum absolute atomic E-state index is 13.2. The molecule has 0 bridgehead atoms. The van der Waals surface area contributed by atoms with Gasteiger partial charge in [-0.15, -0.1) is 0 Å². The molecule has 2 aromatic rings. The van der Waals surface area contributed by atoms with Crippen LogP contribution in [0.2, 0.25) is 0 Å². The standard InChI is InChI=1S/C17H18F6N2O/c1-2-7-24-8-6-13(26)11-9-14(17(21,22)23)25-15-10(11)4-3-5-12(15)16(18,19)20/h3-5,9,13,24,26H,2,6-8H2,1H3/t13-/m1/s1. The van der Waals surface area contributed by atoms with Crippen molar-refractivity contribution in [1.29, 1.82) is 0 Å². The van der Waals surface area contributed by atoms with E-state index in [0.29, 0.717) is 25.2 Å². The van der Waals surface area contributed by atoms with E-state index in [-0.39, 0.29) is 17.4 Å². The quantitative estimate of drug-likeness (QED) is 0.564. The van der Waals surface area contributed by atoms with Gasteiger partial charge in [0.15, 0.2) is 0 Å². The van der Waals surface area contributed by atoms with Crippen LogP contribution in [-0.2, 0) is 12.4 Å². The van der Waals surface area contributed by atoms with E-state index in [1.807, 2.05) is 6.92 Å². The fourth-order valence-corrected chi connectivity index (χ4v) is 2.62. The van der Waals surface area contributed by atoms with Gasteiger partial charge in [-0.05, 0) is 43.6 Å². The molecule has 0 unspecified atom stereocenters. The maximum atomic E-state index is 13.2. The van der Waals surface area contributed by atoms with E-state index >= 15 is 0 Å². The molecule has 26 heavy (non-hydrogen) atoms. The lowest BCUT2D eigenvalue weighted by molar-refractivity contribution is -0.142. The molecule has 0 saturated carbocycles. The van der Waals surface area contributed by atoms with Gasteiger partial charge in [0.1, 0.15) is 5.69 Å². The average Bonchev–Trinajstić information content (AvgIpc) is 2.55. The Kier molecular flexibility index (Phi) is 6.13. The van der Waals surface area contributed by atoms with Gasteiger partial charge in [0.25, 0.3) is 0 Å². The molecule has 0 fully saturated rings. The molecule has 2 rings (SSSR count). The summed E-state index contributed by atoms with van der Waals surface area (Å²) in [5.74, 6) is 0. The predicted molar refractivity (Wildman–Crippen MR) is 84.5 cm³/mol. The van der Waals surface area contributed by atoms with Crippen molar-refractivity contribution in [3.8, 4) is 0 Å². The SMILES string of the molecule is CCCNCC[C@@H](O)c1cc(C(F)(F)F)nc2c(C(F)(F)F)cccc12. The number of hydrogen-bond acceptors (Lipinski definition) is 3. The summed E-state index contributed by atoms with van der Waals surface area (Å²) in [6.07, 6.45) is -10.2. The van der Waals surface area contributed by atoms with Crippen LogP contribution in [0.15, 0.2) is 24.3 Å². The molecule has 1 atom stereocenters. The Hall–Kier alpha value is -1.87. The minimum Gasteiger partial charge on any atom is -0.388 e. The number of pyridine rings is 1.